The molecular weight excluding hydrogens is 284 g/mol. The maximum Gasteiger partial charge on any atom is 0.260 e. The molecule has 2 amide bonds. The highest BCUT2D eigenvalue weighted by Gasteiger charge is 2.24. The predicted octanol–water partition coefficient (Wildman–Crippen LogP) is 1.20. The van der Waals surface area contributed by atoms with E-state index in [1.165, 1.54) is 0 Å². The molecule has 0 unspecified atom stereocenters. The van der Waals surface area contributed by atoms with Crippen LogP contribution in [0.5, 0.6) is 5.75 Å². The van der Waals surface area contributed by atoms with Gasteiger partial charge < -0.3 is 19.7 Å². The summed E-state index contributed by atoms with van der Waals surface area (Å²) in [6, 6.07) is 5.58. The lowest BCUT2D eigenvalue weighted by molar-refractivity contribution is -0.141. The third-order valence-electron chi connectivity index (χ3n) is 4.02. The summed E-state index contributed by atoms with van der Waals surface area (Å²) in [5.74, 6) is 0.670. The molecule has 6 heteroatoms. The van der Waals surface area contributed by atoms with Crippen LogP contribution in [0.1, 0.15) is 18.9 Å². The molecule has 1 aromatic rings. The van der Waals surface area contributed by atoms with Crippen molar-refractivity contribution in [2.45, 2.75) is 25.8 Å². The van der Waals surface area contributed by atoms with Crippen LogP contribution in [-0.4, -0.2) is 49.1 Å². The summed E-state index contributed by atoms with van der Waals surface area (Å²) >= 11 is 0. The van der Waals surface area contributed by atoms with Gasteiger partial charge in [-0.15, -0.1) is 0 Å². The molecule has 1 fully saturated rings. The monoisotopic (exact) mass is 304 g/mol. The fourth-order valence-corrected chi connectivity index (χ4v) is 2.78. The van der Waals surface area contributed by atoms with Crippen molar-refractivity contribution in [3.8, 4) is 5.75 Å². The number of hydrogen-bond donors (Lipinski definition) is 1. The molecule has 0 bridgehead atoms. The Morgan fingerprint density at radius 2 is 2.32 bits per heavy atom. The molecule has 1 N–H and O–H groups in total. The van der Waals surface area contributed by atoms with Crippen molar-refractivity contribution in [1.82, 2.24) is 4.90 Å². The van der Waals surface area contributed by atoms with Gasteiger partial charge >= 0.3 is 0 Å². The van der Waals surface area contributed by atoms with E-state index in [1.54, 1.807) is 11.0 Å². The van der Waals surface area contributed by atoms with Crippen LogP contribution in [-0.2, 0) is 20.7 Å². The standard InChI is InChI=1S/C16H20N2O4/c1-11-9-21-7-6-18(11)16(20)10-22-13-3-4-14-12(8-13)2-5-15(19)17-14/h3-4,8,11H,2,5-7,9-10H2,1H3,(H,17,19)/t11-/m1/s1. The zero-order valence-corrected chi connectivity index (χ0v) is 12.6. The Balaban J connectivity index is 1.59. The van der Waals surface area contributed by atoms with E-state index in [4.69, 9.17) is 9.47 Å². The molecule has 2 aliphatic heterocycles. The van der Waals surface area contributed by atoms with Crippen LogP contribution in [0, 0.1) is 0 Å². The molecule has 2 aliphatic rings. The number of fused-ring (bicyclic) bond motifs is 1. The number of amides is 2. The summed E-state index contributed by atoms with van der Waals surface area (Å²) in [7, 11) is 0. The first-order valence-corrected chi connectivity index (χ1v) is 7.56. The molecule has 22 heavy (non-hydrogen) atoms. The minimum Gasteiger partial charge on any atom is -0.484 e. The Bertz CT molecular complexity index is 588. The van der Waals surface area contributed by atoms with E-state index in [9.17, 15) is 9.59 Å². The van der Waals surface area contributed by atoms with Crippen molar-refractivity contribution in [2.24, 2.45) is 0 Å². The number of carbonyl (C=O) groups is 2. The number of morpholine rings is 1. The minimum absolute atomic E-state index is 0.0233. The van der Waals surface area contributed by atoms with E-state index in [0.29, 0.717) is 38.3 Å². The number of carbonyl (C=O) groups excluding carboxylic acids is 2. The van der Waals surface area contributed by atoms with Gasteiger partial charge in [-0.25, -0.2) is 0 Å². The van der Waals surface area contributed by atoms with Gasteiger partial charge in [0.05, 0.1) is 19.3 Å². The summed E-state index contributed by atoms with van der Waals surface area (Å²) in [6.07, 6.45) is 1.19. The van der Waals surface area contributed by atoms with Crippen molar-refractivity contribution in [1.29, 1.82) is 0 Å². The van der Waals surface area contributed by atoms with Gasteiger partial charge in [0.2, 0.25) is 5.91 Å². The Labute approximate surface area is 129 Å². The molecule has 118 valence electrons. The topological polar surface area (TPSA) is 67.9 Å². The highest BCUT2D eigenvalue weighted by Crippen LogP contribution is 2.26. The van der Waals surface area contributed by atoms with Crippen molar-refractivity contribution in [3.63, 3.8) is 0 Å². The predicted molar refractivity (Wildman–Crippen MR) is 80.9 cm³/mol. The molecule has 1 atom stereocenters. The molecule has 0 spiro atoms. The van der Waals surface area contributed by atoms with Crippen LogP contribution in [0.15, 0.2) is 18.2 Å². The molecule has 3 rings (SSSR count). The second kappa shape index (κ2) is 6.36. The Morgan fingerprint density at radius 3 is 3.14 bits per heavy atom. The van der Waals surface area contributed by atoms with E-state index in [2.05, 4.69) is 5.32 Å². The van der Waals surface area contributed by atoms with Gasteiger partial charge in [0, 0.05) is 18.7 Å². The SMILES string of the molecule is C[C@@H]1COCCN1C(=O)COc1ccc2c(c1)CCC(=O)N2. The quantitative estimate of drug-likeness (QED) is 0.911. The summed E-state index contributed by atoms with van der Waals surface area (Å²) in [5, 5.41) is 2.83. The number of hydrogen-bond acceptors (Lipinski definition) is 4. The van der Waals surface area contributed by atoms with Crippen LogP contribution in [0.4, 0.5) is 5.69 Å². The fourth-order valence-electron chi connectivity index (χ4n) is 2.78. The van der Waals surface area contributed by atoms with Crippen LogP contribution < -0.4 is 10.1 Å². The van der Waals surface area contributed by atoms with Gasteiger partial charge in [-0.2, -0.15) is 0 Å². The maximum atomic E-state index is 12.2. The normalized spacial score (nSPS) is 21.0. The van der Waals surface area contributed by atoms with Crippen molar-refractivity contribution < 1.29 is 19.1 Å². The highest BCUT2D eigenvalue weighted by molar-refractivity contribution is 5.94. The summed E-state index contributed by atoms with van der Waals surface area (Å²) in [4.78, 5) is 25.3. The van der Waals surface area contributed by atoms with Crippen LogP contribution >= 0.6 is 0 Å². The summed E-state index contributed by atoms with van der Waals surface area (Å²) < 4.78 is 10.9. The summed E-state index contributed by atoms with van der Waals surface area (Å²) in [5.41, 5.74) is 1.88. The Morgan fingerprint density at radius 1 is 1.45 bits per heavy atom. The molecule has 0 saturated carbocycles. The van der Waals surface area contributed by atoms with Crippen molar-refractivity contribution in [2.75, 3.05) is 31.7 Å². The number of nitrogens with one attached hydrogen (secondary N) is 1. The zero-order valence-electron chi connectivity index (χ0n) is 12.6. The van der Waals surface area contributed by atoms with E-state index >= 15 is 0 Å². The molecule has 1 saturated heterocycles. The van der Waals surface area contributed by atoms with E-state index in [0.717, 1.165) is 11.3 Å². The minimum atomic E-state index is -0.0261. The molecule has 0 aromatic heterocycles. The van der Waals surface area contributed by atoms with Gasteiger partial charge in [-0.3, -0.25) is 9.59 Å². The average Bonchev–Trinajstić information content (AvgIpc) is 2.53. The van der Waals surface area contributed by atoms with Crippen LogP contribution in [0.3, 0.4) is 0 Å². The lowest BCUT2D eigenvalue weighted by atomic mass is 10.0. The van der Waals surface area contributed by atoms with Crippen LogP contribution in [0.2, 0.25) is 0 Å². The summed E-state index contributed by atoms with van der Waals surface area (Å²) in [6.45, 7) is 3.76. The third-order valence-corrected chi connectivity index (χ3v) is 4.02. The second-order valence-corrected chi connectivity index (χ2v) is 5.67. The second-order valence-electron chi connectivity index (χ2n) is 5.67. The first kappa shape index (κ1) is 14.8. The number of benzene rings is 1. The first-order valence-electron chi connectivity index (χ1n) is 7.56. The Hall–Kier alpha value is -2.08. The van der Waals surface area contributed by atoms with Gasteiger partial charge in [0.15, 0.2) is 6.61 Å². The molecule has 2 heterocycles. The molecule has 1 aromatic carbocycles. The van der Waals surface area contributed by atoms with E-state index in [1.807, 2.05) is 19.1 Å². The first-order chi connectivity index (χ1) is 10.6. The number of anilines is 1. The molecule has 6 nitrogen and oxygen atoms in total. The smallest absolute Gasteiger partial charge is 0.260 e. The fraction of sp³-hybridized carbons (Fsp3) is 0.500. The number of nitrogens with zero attached hydrogens (tertiary/aromatic N) is 1. The third kappa shape index (κ3) is 3.22. The zero-order chi connectivity index (χ0) is 15.5. The van der Waals surface area contributed by atoms with Gasteiger partial charge in [0.25, 0.3) is 5.91 Å². The lowest BCUT2D eigenvalue weighted by Gasteiger charge is -2.33. The maximum absolute atomic E-state index is 12.2. The van der Waals surface area contributed by atoms with Crippen molar-refractivity contribution in [3.05, 3.63) is 23.8 Å². The van der Waals surface area contributed by atoms with E-state index < -0.39 is 0 Å². The highest BCUT2D eigenvalue weighted by atomic mass is 16.5. The van der Waals surface area contributed by atoms with Crippen LogP contribution in [0.25, 0.3) is 0 Å². The van der Waals surface area contributed by atoms with Gasteiger partial charge in [-0.1, -0.05) is 0 Å². The van der Waals surface area contributed by atoms with Crippen molar-refractivity contribution >= 4 is 17.5 Å². The Kier molecular flexibility index (Phi) is 4.29. The molecule has 0 radical (unpaired) electrons. The van der Waals surface area contributed by atoms with Gasteiger partial charge in [0.1, 0.15) is 5.75 Å². The largest absolute Gasteiger partial charge is 0.484 e. The van der Waals surface area contributed by atoms with Gasteiger partial charge in [-0.05, 0) is 37.1 Å². The molecular formula is C16H20N2O4. The van der Waals surface area contributed by atoms with E-state index in [-0.39, 0.29) is 24.5 Å². The average molecular weight is 304 g/mol. The number of rotatable bonds is 3. The lowest BCUT2D eigenvalue weighted by Crippen LogP contribution is -2.48. The number of ether oxygens (including phenoxy) is 2. The molecule has 0 aliphatic carbocycles. The number of aryl methyl sites for hydroxylation is 1.